The number of hydrogen-bond acceptors (Lipinski definition) is 9. The SMILES string of the molecule is CN(C(=O)OC(C)(C)C)C1CCC(Oc2ncnc3sc4c(c23)C(CC(O)c2ncco2)CC4)CC1. The van der Waals surface area contributed by atoms with Gasteiger partial charge in [-0.15, -0.1) is 11.3 Å². The summed E-state index contributed by atoms with van der Waals surface area (Å²) in [6.07, 6.45) is 9.43. The molecule has 0 aromatic carbocycles. The first-order chi connectivity index (χ1) is 17.2. The van der Waals surface area contributed by atoms with Crippen LogP contribution in [0.25, 0.3) is 10.2 Å². The fourth-order valence-corrected chi connectivity index (χ4v) is 6.56. The Kier molecular flexibility index (Phi) is 6.91. The average Bonchev–Trinajstić information content (AvgIpc) is 3.56. The van der Waals surface area contributed by atoms with Crippen LogP contribution < -0.4 is 4.74 Å². The van der Waals surface area contributed by atoms with E-state index in [0.29, 0.717) is 18.2 Å². The van der Waals surface area contributed by atoms with Crippen molar-refractivity contribution in [3.63, 3.8) is 0 Å². The van der Waals surface area contributed by atoms with E-state index in [2.05, 4.69) is 15.0 Å². The minimum absolute atomic E-state index is 0.0275. The summed E-state index contributed by atoms with van der Waals surface area (Å²) in [5.41, 5.74) is 0.697. The lowest BCUT2D eigenvalue weighted by Gasteiger charge is -2.35. The number of aromatic nitrogens is 3. The third-order valence-corrected chi connectivity index (χ3v) is 8.26. The number of oxazole rings is 1. The molecule has 3 aromatic rings. The van der Waals surface area contributed by atoms with E-state index in [1.165, 1.54) is 16.7 Å². The number of aryl methyl sites for hydroxylation is 1. The van der Waals surface area contributed by atoms with E-state index in [4.69, 9.17) is 13.9 Å². The van der Waals surface area contributed by atoms with Crippen LogP contribution in [0.4, 0.5) is 4.79 Å². The van der Waals surface area contributed by atoms with Gasteiger partial charge in [-0.05, 0) is 77.2 Å². The predicted octanol–water partition coefficient (Wildman–Crippen LogP) is 5.39. The third kappa shape index (κ3) is 5.20. The van der Waals surface area contributed by atoms with E-state index in [1.807, 2.05) is 27.8 Å². The minimum atomic E-state index is -0.753. The molecule has 3 heterocycles. The third-order valence-electron chi connectivity index (χ3n) is 7.09. The van der Waals surface area contributed by atoms with Gasteiger partial charge in [-0.25, -0.2) is 19.7 Å². The van der Waals surface area contributed by atoms with Gasteiger partial charge in [-0.1, -0.05) is 0 Å². The van der Waals surface area contributed by atoms with Crippen LogP contribution in [0.15, 0.2) is 23.2 Å². The van der Waals surface area contributed by atoms with Crippen LogP contribution in [0.3, 0.4) is 0 Å². The molecular weight excluding hydrogens is 480 g/mol. The molecule has 2 atom stereocenters. The Morgan fingerprint density at radius 2 is 2.00 bits per heavy atom. The highest BCUT2D eigenvalue weighted by Gasteiger charge is 2.34. The molecule has 1 fully saturated rings. The molecule has 36 heavy (non-hydrogen) atoms. The van der Waals surface area contributed by atoms with Crippen molar-refractivity contribution in [2.45, 2.75) is 95.5 Å². The number of hydrogen-bond donors (Lipinski definition) is 1. The predicted molar refractivity (Wildman–Crippen MR) is 135 cm³/mol. The summed E-state index contributed by atoms with van der Waals surface area (Å²) >= 11 is 1.69. The first-order valence-corrected chi connectivity index (χ1v) is 13.5. The molecule has 10 heteroatoms. The van der Waals surface area contributed by atoms with Crippen LogP contribution in [-0.4, -0.2) is 55.8 Å². The highest BCUT2D eigenvalue weighted by Crippen LogP contribution is 2.48. The number of ether oxygens (including phenoxy) is 2. The molecule has 2 aliphatic carbocycles. The number of aliphatic hydroxyl groups excluding tert-OH is 1. The van der Waals surface area contributed by atoms with E-state index in [1.54, 1.807) is 28.8 Å². The number of nitrogens with zero attached hydrogens (tertiary/aromatic N) is 4. The number of aliphatic hydroxyl groups is 1. The number of thiophene rings is 1. The van der Waals surface area contributed by atoms with Crippen LogP contribution in [0, 0.1) is 0 Å². The molecule has 194 valence electrons. The van der Waals surface area contributed by atoms with Crippen molar-refractivity contribution in [2.75, 3.05) is 7.05 Å². The second-order valence-corrected chi connectivity index (χ2v) is 11.9. The number of amides is 1. The highest BCUT2D eigenvalue weighted by molar-refractivity contribution is 7.19. The van der Waals surface area contributed by atoms with Gasteiger partial charge in [-0.3, -0.25) is 0 Å². The van der Waals surface area contributed by atoms with E-state index < -0.39 is 11.7 Å². The molecule has 3 aromatic heterocycles. The van der Waals surface area contributed by atoms with Crippen molar-refractivity contribution in [1.29, 1.82) is 0 Å². The summed E-state index contributed by atoms with van der Waals surface area (Å²) in [4.78, 5) is 29.6. The Morgan fingerprint density at radius 3 is 2.69 bits per heavy atom. The summed E-state index contributed by atoms with van der Waals surface area (Å²) in [7, 11) is 1.81. The van der Waals surface area contributed by atoms with Gasteiger partial charge in [0.2, 0.25) is 11.8 Å². The molecule has 0 bridgehead atoms. The van der Waals surface area contributed by atoms with Crippen LogP contribution in [-0.2, 0) is 11.2 Å². The van der Waals surface area contributed by atoms with Gasteiger partial charge in [0.15, 0.2) is 0 Å². The van der Waals surface area contributed by atoms with Crippen molar-refractivity contribution in [2.24, 2.45) is 0 Å². The number of carbonyl (C=O) groups is 1. The lowest BCUT2D eigenvalue weighted by molar-refractivity contribution is 0.0137. The normalized spacial score (nSPS) is 22.9. The molecule has 9 nitrogen and oxygen atoms in total. The molecule has 1 N–H and O–H groups in total. The summed E-state index contributed by atoms with van der Waals surface area (Å²) in [5, 5.41) is 11.6. The quantitative estimate of drug-likeness (QED) is 0.466. The Labute approximate surface area is 214 Å². The largest absolute Gasteiger partial charge is 0.474 e. The Hall–Kier alpha value is -2.72. The first-order valence-electron chi connectivity index (χ1n) is 12.7. The smallest absolute Gasteiger partial charge is 0.410 e. The highest BCUT2D eigenvalue weighted by atomic mass is 32.1. The van der Waals surface area contributed by atoms with Gasteiger partial charge in [0.25, 0.3) is 0 Å². The van der Waals surface area contributed by atoms with E-state index in [0.717, 1.165) is 48.7 Å². The maximum absolute atomic E-state index is 12.5. The topological polar surface area (TPSA) is 111 Å². The molecule has 1 amide bonds. The lowest BCUT2D eigenvalue weighted by Crippen LogP contribution is -2.43. The van der Waals surface area contributed by atoms with Gasteiger partial charge in [-0.2, -0.15) is 0 Å². The van der Waals surface area contributed by atoms with Crippen molar-refractivity contribution in [3.05, 3.63) is 35.1 Å². The maximum Gasteiger partial charge on any atom is 0.410 e. The van der Waals surface area contributed by atoms with Crippen molar-refractivity contribution in [3.8, 4) is 5.88 Å². The van der Waals surface area contributed by atoms with Crippen LogP contribution in [0.5, 0.6) is 5.88 Å². The zero-order valence-corrected chi connectivity index (χ0v) is 22.1. The summed E-state index contributed by atoms with van der Waals surface area (Å²) in [6, 6.07) is 0.136. The lowest BCUT2D eigenvalue weighted by atomic mass is 9.92. The Bertz CT molecular complexity index is 1200. The average molecular weight is 515 g/mol. The summed E-state index contributed by atoms with van der Waals surface area (Å²) in [6.45, 7) is 5.64. The van der Waals surface area contributed by atoms with Gasteiger partial charge in [0.1, 0.15) is 35.2 Å². The molecular formula is C26H34N4O5S. The number of carbonyl (C=O) groups excluding carboxylic acids is 1. The first kappa shape index (κ1) is 25.0. The molecule has 0 saturated heterocycles. The van der Waals surface area contributed by atoms with Gasteiger partial charge in [0.05, 0.1) is 11.6 Å². The van der Waals surface area contributed by atoms with Gasteiger partial charge < -0.3 is 23.9 Å². The van der Waals surface area contributed by atoms with E-state index in [-0.39, 0.29) is 24.2 Å². The molecule has 0 aliphatic heterocycles. The summed E-state index contributed by atoms with van der Waals surface area (Å²) in [5.74, 6) is 1.14. The molecule has 0 radical (unpaired) electrons. The minimum Gasteiger partial charge on any atom is -0.474 e. The number of fused-ring (bicyclic) bond motifs is 3. The van der Waals surface area contributed by atoms with Gasteiger partial charge >= 0.3 is 6.09 Å². The van der Waals surface area contributed by atoms with Crippen molar-refractivity contribution < 1.29 is 23.8 Å². The van der Waals surface area contributed by atoms with E-state index >= 15 is 0 Å². The van der Waals surface area contributed by atoms with Gasteiger partial charge in [0, 0.05) is 18.0 Å². The molecule has 0 spiro atoms. The standard InChI is InChI=1S/C26H34N4O5S/c1-26(2,3)35-25(32)30(4)16-6-8-17(9-7-16)34-23-21-20-15(13-18(31)22-27-11-12-33-22)5-10-19(20)36-24(21)29-14-28-23/h11-12,14-18,31H,5-10,13H2,1-4H3. The molecule has 5 rings (SSSR count). The fourth-order valence-electron chi connectivity index (χ4n) is 5.33. The molecule has 2 aliphatic rings. The van der Waals surface area contributed by atoms with Crippen LogP contribution in [0.2, 0.25) is 0 Å². The van der Waals surface area contributed by atoms with E-state index in [9.17, 15) is 9.90 Å². The maximum atomic E-state index is 12.5. The van der Waals surface area contributed by atoms with Crippen molar-refractivity contribution >= 4 is 27.6 Å². The number of rotatable bonds is 6. The molecule has 1 saturated carbocycles. The van der Waals surface area contributed by atoms with Crippen LogP contribution in [0.1, 0.15) is 87.6 Å². The zero-order valence-electron chi connectivity index (χ0n) is 21.3. The molecule has 2 unspecified atom stereocenters. The van der Waals surface area contributed by atoms with Crippen molar-refractivity contribution in [1.82, 2.24) is 19.9 Å². The second kappa shape index (κ2) is 9.97. The monoisotopic (exact) mass is 514 g/mol. The van der Waals surface area contributed by atoms with Crippen LogP contribution >= 0.6 is 11.3 Å². The summed E-state index contributed by atoms with van der Waals surface area (Å²) < 4.78 is 17.3. The Balaban J connectivity index is 1.27. The fraction of sp³-hybridized carbons (Fsp3) is 0.615. The second-order valence-electron chi connectivity index (χ2n) is 10.8. The zero-order chi connectivity index (χ0) is 25.4. The Morgan fingerprint density at radius 1 is 1.22 bits per heavy atom.